The first-order valence-corrected chi connectivity index (χ1v) is 9.54. The molecule has 2 heterocycles. The van der Waals surface area contributed by atoms with Gasteiger partial charge in [0.2, 0.25) is 11.8 Å². The maximum Gasteiger partial charge on any atom is 0.341 e. The second kappa shape index (κ2) is 7.75. The summed E-state index contributed by atoms with van der Waals surface area (Å²) < 4.78 is 16.5. The Hall–Kier alpha value is -3.07. The molecule has 0 radical (unpaired) electrons. The van der Waals surface area contributed by atoms with E-state index in [9.17, 15) is 14.4 Å². The summed E-state index contributed by atoms with van der Waals surface area (Å²) in [6.45, 7) is 6.56. The van der Waals surface area contributed by atoms with Crippen molar-refractivity contribution in [2.45, 2.75) is 19.3 Å². The first-order valence-electron chi connectivity index (χ1n) is 8.75. The van der Waals surface area contributed by atoms with Gasteiger partial charge in [-0.3, -0.25) is 4.79 Å². The molecule has 1 spiro atoms. The van der Waals surface area contributed by atoms with Crippen LogP contribution in [0.25, 0.3) is 0 Å². The zero-order chi connectivity index (χ0) is 21.3. The minimum Gasteiger partial charge on any atom is -0.462 e. The fraction of sp³-hybridized carbons (Fsp3) is 0.250. The predicted molar refractivity (Wildman–Crippen MR) is 107 cm³/mol. The second-order valence-corrected chi connectivity index (χ2v) is 7.19. The summed E-state index contributed by atoms with van der Waals surface area (Å²) in [7, 11) is 0. The van der Waals surface area contributed by atoms with Gasteiger partial charge in [0.1, 0.15) is 28.9 Å². The van der Waals surface area contributed by atoms with Gasteiger partial charge in [-0.2, -0.15) is 0 Å². The molecule has 3 N–H and O–H groups in total. The van der Waals surface area contributed by atoms with Crippen LogP contribution in [0.3, 0.4) is 0 Å². The van der Waals surface area contributed by atoms with Crippen molar-refractivity contribution in [2.24, 2.45) is 5.73 Å². The van der Waals surface area contributed by atoms with E-state index in [1.165, 1.54) is 13.0 Å². The molecule has 1 amide bonds. The molecule has 1 atom stereocenters. The number of esters is 2. The van der Waals surface area contributed by atoms with Crippen LogP contribution in [-0.4, -0.2) is 31.1 Å². The van der Waals surface area contributed by atoms with Gasteiger partial charge in [0.15, 0.2) is 0 Å². The van der Waals surface area contributed by atoms with E-state index in [-0.39, 0.29) is 36.0 Å². The zero-order valence-corrected chi connectivity index (χ0v) is 17.4. The normalized spacial score (nSPS) is 20.2. The van der Waals surface area contributed by atoms with Gasteiger partial charge in [0.05, 0.1) is 6.61 Å². The third kappa shape index (κ3) is 3.11. The van der Waals surface area contributed by atoms with Crippen molar-refractivity contribution < 1.29 is 28.6 Å². The lowest BCUT2D eigenvalue weighted by Crippen LogP contribution is -2.48. The van der Waals surface area contributed by atoms with Gasteiger partial charge < -0.3 is 25.3 Å². The van der Waals surface area contributed by atoms with Crippen LogP contribution in [0.5, 0.6) is 0 Å². The number of amides is 1. The van der Waals surface area contributed by atoms with E-state index in [1.54, 1.807) is 25.1 Å². The molecule has 0 unspecified atom stereocenters. The van der Waals surface area contributed by atoms with E-state index in [0.717, 1.165) is 0 Å². The van der Waals surface area contributed by atoms with Crippen molar-refractivity contribution >= 4 is 39.5 Å². The lowest BCUT2D eigenvalue weighted by Gasteiger charge is -2.35. The van der Waals surface area contributed by atoms with Crippen molar-refractivity contribution in [3.63, 3.8) is 0 Å². The molecule has 1 aromatic carbocycles. The molecule has 2 aliphatic rings. The topological polar surface area (TPSA) is 117 Å². The van der Waals surface area contributed by atoms with Crippen LogP contribution in [0, 0.1) is 0 Å². The quantitative estimate of drug-likeness (QED) is 0.509. The first kappa shape index (κ1) is 20.7. The van der Waals surface area contributed by atoms with Gasteiger partial charge in [0.25, 0.3) is 0 Å². The Labute approximate surface area is 175 Å². The van der Waals surface area contributed by atoms with Gasteiger partial charge >= 0.3 is 11.9 Å². The number of fused-ring (bicyclic) bond motifs is 2. The van der Waals surface area contributed by atoms with Crippen LogP contribution in [-0.2, 0) is 34.0 Å². The standard InChI is InChI=1S/C20H19BrN2O6/c1-4-8-28-17(24)14-10(3)29-16(22)15(18(25)27-5-2)20(14)12-9-11(21)6-7-13(12)23-19(20)26/h4,6-7,9H,1,5,8,22H2,2-3H3,(H,23,26)/t20-/m1/s1. The van der Waals surface area contributed by atoms with E-state index >= 15 is 0 Å². The summed E-state index contributed by atoms with van der Waals surface area (Å²) >= 11 is 3.37. The molecule has 0 aromatic heterocycles. The van der Waals surface area contributed by atoms with E-state index in [1.807, 2.05) is 0 Å². The third-order valence-electron chi connectivity index (χ3n) is 4.60. The number of nitrogens with one attached hydrogen (secondary N) is 1. The number of nitrogens with two attached hydrogens (primary N) is 1. The number of hydrogen-bond donors (Lipinski definition) is 2. The van der Waals surface area contributed by atoms with Gasteiger partial charge in [0, 0.05) is 15.7 Å². The number of carbonyl (C=O) groups excluding carboxylic acids is 3. The number of anilines is 1. The molecule has 0 aliphatic carbocycles. The molecule has 0 bridgehead atoms. The van der Waals surface area contributed by atoms with Gasteiger partial charge in [-0.25, -0.2) is 9.59 Å². The summed E-state index contributed by atoms with van der Waals surface area (Å²) in [6, 6.07) is 5.02. The van der Waals surface area contributed by atoms with E-state index in [2.05, 4.69) is 27.8 Å². The maximum atomic E-state index is 13.4. The fourth-order valence-corrected chi connectivity index (χ4v) is 3.93. The Morgan fingerprint density at radius 2 is 2.00 bits per heavy atom. The summed E-state index contributed by atoms with van der Waals surface area (Å²) in [6.07, 6.45) is 1.39. The van der Waals surface area contributed by atoms with Gasteiger partial charge in [-0.1, -0.05) is 28.6 Å². The molecule has 1 aromatic rings. The average Bonchev–Trinajstić information content (AvgIpc) is 2.92. The van der Waals surface area contributed by atoms with Crippen molar-refractivity contribution in [3.05, 3.63) is 63.7 Å². The Morgan fingerprint density at radius 3 is 2.66 bits per heavy atom. The Bertz CT molecular complexity index is 997. The molecule has 0 saturated carbocycles. The van der Waals surface area contributed by atoms with Crippen LogP contribution in [0.2, 0.25) is 0 Å². The number of carbonyl (C=O) groups is 3. The van der Waals surface area contributed by atoms with E-state index < -0.39 is 23.3 Å². The highest BCUT2D eigenvalue weighted by molar-refractivity contribution is 9.10. The highest BCUT2D eigenvalue weighted by Crippen LogP contribution is 2.53. The molecule has 3 rings (SSSR count). The highest BCUT2D eigenvalue weighted by atomic mass is 79.9. The molecule has 0 fully saturated rings. The fourth-order valence-electron chi connectivity index (χ4n) is 3.57. The summed E-state index contributed by atoms with van der Waals surface area (Å²) in [5.41, 5.74) is 4.52. The maximum absolute atomic E-state index is 13.4. The van der Waals surface area contributed by atoms with Crippen molar-refractivity contribution in [1.29, 1.82) is 0 Å². The smallest absolute Gasteiger partial charge is 0.341 e. The predicted octanol–water partition coefficient (Wildman–Crippen LogP) is 2.41. The Balaban J connectivity index is 2.36. The number of hydrogen-bond acceptors (Lipinski definition) is 7. The summed E-state index contributed by atoms with van der Waals surface area (Å²) in [5, 5.41) is 2.72. The lowest BCUT2D eigenvalue weighted by atomic mass is 9.67. The van der Waals surface area contributed by atoms with Gasteiger partial charge in [-0.05, 0) is 32.0 Å². The number of benzene rings is 1. The highest BCUT2D eigenvalue weighted by Gasteiger charge is 2.61. The van der Waals surface area contributed by atoms with Crippen LogP contribution >= 0.6 is 15.9 Å². The third-order valence-corrected chi connectivity index (χ3v) is 5.10. The summed E-state index contributed by atoms with van der Waals surface area (Å²) in [5.74, 6) is -2.60. The Morgan fingerprint density at radius 1 is 1.31 bits per heavy atom. The molecule has 0 saturated heterocycles. The average molecular weight is 463 g/mol. The van der Waals surface area contributed by atoms with Crippen LogP contribution in [0.15, 0.2) is 58.1 Å². The van der Waals surface area contributed by atoms with E-state index in [0.29, 0.717) is 15.7 Å². The minimum absolute atomic E-state index is 0.0393. The molecule has 9 heteroatoms. The SMILES string of the molecule is C=CCOC(=O)C1=C(C)OC(N)=C(C(=O)OCC)[C@]12C(=O)Nc1ccc(Br)cc12. The zero-order valence-electron chi connectivity index (χ0n) is 15.8. The minimum atomic E-state index is -1.88. The molecule has 8 nitrogen and oxygen atoms in total. The number of allylic oxidation sites excluding steroid dienone is 1. The largest absolute Gasteiger partial charge is 0.462 e. The summed E-state index contributed by atoms with van der Waals surface area (Å²) in [4.78, 5) is 39.2. The second-order valence-electron chi connectivity index (χ2n) is 6.27. The van der Waals surface area contributed by atoms with Crippen molar-refractivity contribution in [2.75, 3.05) is 18.5 Å². The van der Waals surface area contributed by atoms with E-state index in [4.69, 9.17) is 19.9 Å². The van der Waals surface area contributed by atoms with Crippen molar-refractivity contribution in [1.82, 2.24) is 0 Å². The lowest BCUT2D eigenvalue weighted by molar-refractivity contribution is -0.142. The first-order chi connectivity index (χ1) is 13.8. The monoisotopic (exact) mass is 462 g/mol. The van der Waals surface area contributed by atoms with Gasteiger partial charge in [-0.15, -0.1) is 0 Å². The van der Waals surface area contributed by atoms with Crippen LogP contribution in [0.4, 0.5) is 5.69 Å². The molecular weight excluding hydrogens is 444 g/mol. The molecule has 29 heavy (non-hydrogen) atoms. The molecular formula is C20H19BrN2O6. The Kier molecular flexibility index (Phi) is 5.52. The van der Waals surface area contributed by atoms with Crippen LogP contribution < -0.4 is 11.1 Å². The number of rotatable bonds is 5. The molecule has 2 aliphatic heterocycles. The number of ether oxygens (including phenoxy) is 3. The van der Waals surface area contributed by atoms with Crippen LogP contribution in [0.1, 0.15) is 19.4 Å². The molecule has 152 valence electrons. The van der Waals surface area contributed by atoms with Crippen molar-refractivity contribution in [3.8, 4) is 0 Å². The number of halogens is 1.